The van der Waals surface area contributed by atoms with Crippen molar-refractivity contribution in [3.63, 3.8) is 0 Å². The summed E-state index contributed by atoms with van der Waals surface area (Å²) >= 11 is 7.90. The molecule has 12 aromatic rings. The third-order valence-electron chi connectivity index (χ3n) is 22.9. The quantitative estimate of drug-likeness (QED) is 0.127. The predicted octanol–water partition coefficient (Wildman–Crippen LogP) is 31.3. The highest BCUT2D eigenvalue weighted by molar-refractivity contribution is 7.00. The van der Waals surface area contributed by atoms with Crippen molar-refractivity contribution in [3.8, 4) is 22.3 Å². The Morgan fingerprint density at radius 1 is 0.261 bits per heavy atom. The SMILES string of the molecule is C.C.C.Cc1cc(N(c2ccc(C(C)(C)C)cc2)c2ccc(C(C)(C)C)cc2)c(Cl)c(N(c2ccc(C(C)(C)C)cc2)c2ccc(C(C)(C)C)cc2-c2ccccc2)c1.Cc1cc2c3c(c1)N(c1ccc(C(C)(C)C)cc1-c1ccccc1)c1ccc(C(C)(C)C)cc1B3c1cc(C(C)(C)C)ccc1N2c1ccc(C(C)(C)C)cc1. The Balaban J connectivity index is 0.000000237. The van der Waals surface area contributed by atoms with E-state index < -0.39 is 0 Å². The minimum absolute atomic E-state index is 0. The normalized spacial score (nSPS) is 12.9. The standard InChI is InChI=1S/C53H59BN2.C53H61ClN2.3CH4/c1-34-29-47-49-48(30-34)56(44-26-21-37(51(5,6)7)31-41(44)35-17-15-14-16-18-35)46-28-23-39(53(11,12)13)33-43(46)54(49)42-32-38(52(8,9)10)22-27-45(42)55(47)40-24-19-36(20-25-40)50(2,3)4;1-36-33-47(55(42-26-19-38(20-27-42)50(2,3)4)43-28-21-39(22-29-43)51(5,6)7)49(54)48(34-36)56(44-30-23-40(24-31-44)52(8,9)10)46-32-25-41(53(11,12)13)35-45(46)37-17-15-14-16-18-37;;;/h14-33H,1-13H3;14-35H,1-13H3;3*1H4. The Kier molecular flexibility index (Phi) is 24.6. The van der Waals surface area contributed by atoms with Gasteiger partial charge in [0.1, 0.15) is 0 Å². The first kappa shape index (κ1) is 87.6. The van der Waals surface area contributed by atoms with E-state index in [2.05, 4.69) is 454 Å². The van der Waals surface area contributed by atoms with E-state index in [1.54, 1.807) is 0 Å². The molecule has 0 saturated heterocycles. The first-order valence-electron chi connectivity index (χ1n) is 40.6. The second-order valence-electron chi connectivity index (χ2n) is 40.0. The Labute approximate surface area is 701 Å². The molecule has 0 aromatic heterocycles. The summed E-state index contributed by atoms with van der Waals surface area (Å²) in [6, 6.07) is 96.1. The third kappa shape index (κ3) is 18.0. The van der Waals surface area contributed by atoms with E-state index in [-0.39, 0.29) is 72.3 Å². The van der Waals surface area contributed by atoms with Crippen molar-refractivity contribution in [1.82, 2.24) is 0 Å². The fourth-order valence-corrected chi connectivity index (χ4v) is 16.3. The van der Waals surface area contributed by atoms with Gasteiger partial charge in [-0.25, -0.2) is 0 Å². The van der Waals surface area contributed by atoms with Crippen molar-refractivity contribution in [1.29, 1.82) is 0 Å². The molecule has 0 unspecified atom stereocenters. The lowest BCUT2D eigenvalue weighted by Crippen LogP contribution is -2.61. The highest BCUT2D eigenvalue weighted by Crippen LogP contribution is 2.53. The van der Waals surface area contributed by atoms with Crippen LogP contribution in [0, 0.1) is 13.8 Å². The van der Waals surface area contributed by atoms with Crippen LogP contribution < -0.4 is 36.0 Å². The van der Waals surface area contributed by atoms with E-state index in [0.717, 1.165) is 50.8 Å². The van der Waals surface area contributed by atoms with Crippen LogP contribution in [0.3, 0.4) is 0 Å². The van der Waals surface area contributed by atoms with Crippen molar-refractivity contribution in [2.75, 3.05) is 19.6 Å². The lowest BCUT2D eigenvalue weighted by molar-refractivity contribution is 0.590. The van der Waals surface area contributed by atoms with Crippen molar-refractivity contribution < 1.29 is 0 Å². The lowest BCUT2D eigenvalue weighted by atomic mass is 9.33. The minimum Gasteiger partial charge on any atom is -0.311 e. The molecule has 2 aliphatic rings. The van der Waals surface area contributed by atoms with Crippen LogP contribution in [0.5, 0.6) is 0 Å². The van der Waals surface area contributed by atoms with Gasteiger partial charge in [0, 0.05) is 56.6 Å². The molecule has 0 bridgehead atoms. The van der Waals surface area contributed by atoms with Crippen LogP contribution in [0.15, 0.2) is 255 Å². The molecule has 115 heavy (non-hydrogen) atoms. The highest BCUT2D eigenvalue weighted by atomic mass is 35.5. The van der Waals surface area contributed by atoms with Crippen LogP contribution in [0.4, 0.5) is 68.2 Å². The Morgan fingerprint density at radius 3 is 0.948 bits per heavy atom. The van der Waals surface area contributed by atoms with E-state index >= 15 is 0 Å². The zero-order valence-electron chi connectivity index (χ0n) is 72.0. The molecule has 12 aromatic carbocycles. The maximum absolute atomic E-state index is 7.90. The van der Waals surface area contributed by atoms with Gasteiger partial charge in [0.15, 0.2) is 0 Å². The lowest BCUT2D eigenvalue weighted by Gasteiger charge is -2.45. The summed E-state index contributed by atoms with van der Waals surface area (Å²) in [5, 5.41) is 0.675. The molecule has 0 saturated carbocycles. The van der Waals surface area contributed by atoms with Crippen molar-refractivity contribution in [3.05, 3.63) is 315 Å². The molecular formula is C109H132BClN4. The second kappa shape index (κ2) is 32.4. The summed E-state index contributed by atoms with van der Waals surface area (Å²) in [6.07, 6.45) is 0. The van der Waals surface area contributed by atoms with Crippen LogP contribution in [0.2, 0.25) is 5.02 Å². The maximum Gasteiger partial charge on any atom is 0.252 e. The number of halogens is 1. The van der Waals surface area contributed by atoms with Gasteiger partial charge >= 0.3 is 0 Å². The molecule has 0 atom stereocenters. The summed E-state index contributed by atoms with van der Waals surface area (Å²) in [4.78, 5) is 9.83. The number of aryl methyl sites for hydroxylation is 2. The number of hydrogen-bond acceptors (Lipinski definition) is 4. The molecule has 0 amide bonds. The van der Waals surface area contributed by atoms with E-state index in [4.69, 9.17) is 11.6 Å². The molecule has 0 aliphatic carbocycles. The number of hydrogen-bond donors (Lipinski definition) is 0. The van der Waals surface area contributed by atoms with Gasteiger partial charge in [-0.2, -0.15) is 0 Å². The molecule has 598 valence electrons. The van der Waals surface area contributed by atoms with Gasteiger partial charge < -0.3 is 19.6 Å². The minimum atomic E-state index is -0.0268. The molecule has 4 nitrogen and oxygen atoms in total. The van der Waals surface area contributed by atoms with Crippen LogP contribution in [0.1, 0.15) is 244 Å². The van der Waals surface area contributed by atoms with Gasteiger partial charge in [0.2, 0.25) is 0 Å². The van der Waals surface area contributed by atoms with Gasteiger partial charge in [-0.1, -0.05) is 346 Å². The Hall–Kier alpha value is -9.81. The molecule has 0 N–H and O–H groups in total. The fraction of sp³-hybridized carbons (Fsp3) is 0.339. The molecule has 0 radical (unpaired) electrons. The van der Waals surface area contributed by atoms with E-state index in [1.807, 2.05) is 0 Å². The van der Waals surface area contributed by atoms with Crippen molar-refractivity contribution >= 4 is 103 Å². The number of fused-ring (bicyclic) bond motifs is 4. The molecule has 2 heterocycles. The van der Waals surface area contributed by atoms with Crippen LogP contribution in [-0.4, -0.2) is 6.71 Å². The van der Waals surface area contributed by atoms with E-state index in [9.17, 15) is 0 Å². The number of benzene rings is 12. The summed E-state index contributed by atoms with van der Waals surface area (Å²) in [6.45, 7) is 59.5. The summed E-state index contributed by atoms with van der Waals surface area (Å²) < 4.78 is 0. The molecule has 6 heteroatoms. The molecule has 0 spiro atoms. The van der Waals surface area contributed by atoms with Crippen molar-refractivity contribution in [2.45, 2.75) is 246 Å². The van der Waals surface area contributed by atoms with Crippen LogP contribution >= 0.6 is 11.6 Å². The second-order valence-corrected chi connectivity index (χ2v) is 40.4. The van der Waals surface area contributed by atoms with E-state index in [1.165, 1.54) is 112 Å². The molecule has 2 aliphatic heterocycles. The van der Waals surface area contributed by atoms with Gasteiger partial charge in [-0.05, 0) is 250 Å². The first-order chi connectivity index (χ1) is 52.3. The Bertz CT molecular complexity index is 5360. The summed E-state index contributed by atoms with van der Waals surface area (Å²) in [5.74, 6) is 0. The van der Waals surface area contributed by atoms with Gasteiger partial charge in [-0.15, -0.1) is 0 Å². The number of nitrogens with zero attached hydrogens (tertiary/aromatic N) is 4. The number of anilines is 12. The smallest absolute Gasteiger partial charge is 0.252 e. The summed E-state index contributed by atoms with van der Waals surface area (Å²) in [5.41, 5.74) is 35.4. The number of rotatable bonds is 10. The van der Waals surface area contributed by atoms with Gasteiger partial charge in [0.25, 0.3) is 6.71 Å². The zero-order chi connectivity index (χ0) is 80.9. The molecular weight excluding hydrogens is 1410 g/mol. The van der Waals surface area contributed by atoms with Gasteiger partial charge in [-0.3, -0.25) is 0 Å². The highest BCUT2D eigenvalue weighted by Gasteiger charge is 2.45. The largest absolute Gasteiger partial charge is 0.311 e. The average Bonchev–Trinajstić information content (AvgIpc) is 0.692. The predicted molar refractivity (Wildman–Crippen MR) is 511 cm³/mol. The van der Waals surface area contributed by atoms with Gasteiger partial charge in [0.05, 0.1) is 27.8 Å². The topological polar surface area (TPSA) is 13.0 Å². The average molecular weight is 1540 g/mol. The molecule has 14 rings (SSSR count). The van der Waals surface area contributed by atoms with Crippen molar-refractivity contribution in [2.24, 2.45) is 0 Å². The maximum atomic E-state index is 7.90. The van der Waals surface area contributed by atoms with Crippen LogP contribution in [0.25, 0.3) is 22.3 Å². The Morgan fingerprint density at radius 2 is 0.557 bits per heavy atom. The zero-order valence-corrected chi connectivity index (χ0v) is 72.7. The van der Waals surface area contributed by atoms with Crippen LogP contribution in [-0.2, 0) is 43.3 Å². The monoisotopic (exact) mass is 1540 g/mol. The third-order valence-corrected chi connectivity index (χ3v) is 23.3. The fourth-order valence-electron chi connectivity index (χ4n) is 16.0. The molecule has 0 fully saturated rings. The van der Waals surface area contributed by atoms with E-state index in [0.29, 0.717) is 5.02 Å². The first-order valence-corrected chi connectivity index (χ1v) is 41.0. The summed E-state index contributed by atoms with van der Waals surface area (Å²) in [7, 11) is 0.